The van der Waals surface area contributed by atoms with E-state index in [4.69, 9.17) is 0 Å². The van der Waals surface area contributed by atoms with Gasteiger partial charge in [-0.1, -0.05) is 0 Å². The topological polar surface area (TPSA) is 124 Å². The number of β-lactam (4-membered cyclic amide) rings is 1. The summed E-state index contributed by atoms with van der Waals surface area (Å²) in [4.78, 5) is 35.3. The number of fused-ring (bicyclic) bond motifs is 1. The number of hydrogen-bond acceptors (Lipinski definition) is 5. The van der Waals surface area contributed by atoms with Crippen molar-refractivity contribution < 1.29 is 28.8 Å². The van der Waals surface area contributed by atoms with Gasteiger partial charge in [-0.15, -0.1) is 0 Å². The van der Waals surface area contributed by atoms with E-state index < -0.39 is 40.7 Å². The fourth-order valence-corrected chi connectivity index (χ4v) is 3.77. The van der Waals surface area contributed by atoms with Crippen LogP contribution in [0.1, 0.15) is 20.3 Å². The summed E-state index contributed by atoms with van der Waals surface area (Å²) in [7, 11) is -1.78. The molecule has 0 aromatic carbocycles. The first-order valence-electron chi connectivity index (χ1n) is 6.57. The molecule has 9 heteroatoms. The predicted molar refractivity (Wildman–Crippen MR) is 76.2 cm³/mol. The van der Waals surface area contributed by atoms with E-state index in [1.165, 1.54) is 20.0 Å². The number of aliphatic carboxylic acids is 1. The first-order chi connectivity index (χ1) is 10.3. The highest BCUT2D eigenvalue weighted by Crippen LogP contribution is 2.44. The second-order valence-electron chi connectivity index (χ2n) is 5.12. The van der Waals surface area contributed by atoms with Gasteiger partial charge in [-0.2, -0.15) is 0 Å². The van der Waals surface area contributed by atoms with Crippen LogP contribution in [-0.4, -0.2) is 49.3 Å². The Kier molecular flexibility index (Phi) is 4.47. The highest BCUT2D eigenvalue weighted by molar-refractivity contribution is 7.91. The molecule has 2 heterocycles. The van der Waals surface area contributed by atoms with Crippen LogP contribution in [-0.2, 0) is 25.2 Å². The van der Waals surface area contributed by atoms with Gasteiger partial charge in [0.1, 0.15) is 5.70 Å². The molecule has 22 heavy (non-hydrogen) atoms. The number of aliphatic hydroxyl groups excluding tert-OH is 1. The first-order valence-corrected chi connectivity index (χ1v) is 7.79. The maximum atomic E-state index is 12.2. The Hall–Kier alpha value is -2.00. The van der Waals surface area contributed by atoms with Crippen LogP contribution in [0.4, 0.5) is 0 Å². The summed E-state index contributed by atoms with van der Waals surface area (Å²) in [6, 6.07) is -0.480. The zero-order chi connectivity index (χ0) is 16.6. The maximum absolute atomic E-state index is 12.2. The second kappa shape index (κ2) is 6.01. The summed E-state index contributed by atoms with van der Waals surface area (Å²) < 4.78 is 12.2. The lowest BCUT2D eigenvalue weighted by atomic mass is 9.83. The maximum Gasteiger partial charge on any atom is 0.353 e. The third-order valence-corrected chi connectivity index (χ3v) is 4.84. The zero-order valence-corrected chi connectivity index (χ0v) is 12.8. The van der Waals surface area contributed by atoms with Crippen molar-refractivity contribution in [1.82, 2.24) is 10.2 Å². The van der Waals surface area contributed by atoms with Gasteiger partial charge >= 0.3 is 5.97 Å². The number of carbonyl (C=O) groups excluding carboxylic acids is 2. The average Bonchev–Trinajstić information content (AvgIpc) is 2.72. The van der Waals surface area contributed by atoms with Gasteiger partial charge in [0.25, 0.3) is 0 Å². The Morgan fingerprint density at radius 1 is 1.50 bits per heavy atom. The second-order valence-corrected chi connectivity index (χ2v) is 6.48. The van der Waals surface area contributed by atoms with Crippen LogP contribution in [0.15, 0.2) is 22.2 Å². The predicted octanol–water partition coefficient (Wildman–Crippen LogP) is -0.750. The summed E-state index contributed by atoms with van der Waals surface area (Å²) in [5, 5.41) is 22.3. The molecular weight excluding hydrogens is 312 g/mol. The summed E-state index contributed by atoms with van der Waals surface area (Å²) >= 11 is 0. The number of carboxylic acid groups (broad SMARTS) is 1. The first kappa shape index (κ1) is 16.4. The molecule has 0 aromatic rings. The van der Waals surface area contributed by atoms with Gasteiger partial charge in [0, 0.05) is 25.0 Å². The molecule has 0 spiro atoms. The lowest BCUT2D eigenvalue weighted by Gasteiger charge is -2.44. The molecule has 4 atom stereocenters. The minimum Gasteiger partial charge on any atom is -0.477 e. The van der Waals surface area contributed by atoms with E-state index in [1.807, 2.05) is 0 Å². The third kappa shape index (κ3) is 2.69. The van der Waals surface area contributed by atoms with Crippen molar-refractivity contribution in [2.75, 3.05) is 0 Å². The molecular formula is C13H16N2O6S. The van der Waals surface area contributed by atoms with Crippen LogP contribution in [0.5, 0.6) is 0 Å². The molecule has 2 aliphatic heterocycles. The normalized spacial score (nSPS) is 26.7. The Morgan fingerprint density at radius 3 is 2.64 bits per heavy atom. The molecule has 0 aromatic heterocycles. The SMILES string of the molecule is CC(=O)N/C=C/S(=O)C1=C(C(=O)O)N2C(=O)C([C@@H](C)O)[C@H]2C1. The van der Waals surface area contributed by atoms with Crippen LogP contribution in [0.3, 0.4) is 0 Å². The van der Waals surface area contributed by atoms with Crippen LogP contribution < -0.4 is 5.32 Å². The van der Waals surface area contributed by atoms with Gasteiger partial charge in [-0.3, -0.25) is 9.59 Å². The Balaban J connectivity index is 2.25. The number of carboxylic acids is 1. The Bertz CT molecular complexity index is 624. The van der Waals surface area contributed by atoms with Gasteiger partial charge in [-0.05, 0) is 6.92 Å². The fourth-order valence-electron chi connectivity index (χ4n) is 2.71. The molecule has 2 aliphatic rings. The van der Waals surface area contributed by atoms with E-state index in [2.05, 4.69) is 5.32 Å². The van der Waals surface area contributed by atoms with Gasteiger partial charge < -0.3 is 20.4 Å². The third-order valence-electron chi connectivity index (χ3n) is 3.61. The number of nitrogens with one attached hydrogen (secondary N) is 1. The van der Waals surface area contributed by atoms with Gasteiger partial charge in [0.05, 0.1) is 33.8 Å². The van der Waals surface area contributed by atoms with E-state index in [1.54, 1.807) is 0 Å². The standard InChI is InChI=1S/C13H16N2O6S/c1-6(16)10-8-5-9(22(21)4-3-14-7(2)17)11(13(19)20)15(8)12(10)18/h3-4,6,8,10,16H,5H2,1-2H3,(H,14,17)(H,19,20)/b4-3+/t6-,8-,10?,22?/m1/s1. The van der Waals surface area contributed by atoms with E-state index in [9.17, 15) is 28.8 Å². The monoisotopic (exact) mass is 328 g/mol. The molecule has 120 valence electrons. The number of amides is 2. The minimum absolute atomic E-state index is 0.107. The van der Waals surface area contributed by atoms with Crippen molar-refractivity contribution in [1.29, 1.82) is 0 Å². The smallest absolute Gasteiger partial charge is 0.353 e. The number of rotatable bonds is 5. The molecule has 0 saturated carbocycles. The van der Waals surface area contributed by atoms with Crippen LogP contribution in [0.2, 0.25) is 0 Å². The van der Waals surface area contributed by atoms with Crippen LogP contribution >= 0.6 is 0 Å². The minimum atomic E-state index is -1.78. The van der Waals surface area contributed by atoms with E-state index in [0.29, 0.717) is 0 Å². The largest absolute Gasteiger partial charge is 0.477 e. The van der Waals surface area contributed by atoms with E-state index >= 15 is 0 Å². The Labute approximate surface area is 128 Å². The van der Waals surface area contributed by atoms with Gasteiger partial charge in [0.15, 0.2) is 0 Å². The molecule has 1 fully saturated rings. The highest BCUT2D eigenvalue weighted by Gasteiger charge is 2.57. The summed E-state index contributed by atoms with van der Waals surface area (Å²) in [5.74, 6) is -2.84. The molecule has 0 aliphatic carbocycles. The number of hydrogen-bond donors (Lipinski definition) is 3. The van der Waals surface area contributed by atoms with Crippen molar-refractivity contribution in [3.05, 3.63) is 22.2 Å². The quantitative estimate of drug-likeness (QED) is 0.571. The molecule has 2 amide bonds. The number of carbonyl (C=O) groups is 3. The highest BCUT2D eigenvalue weighted by atomic mass is 32.2. The fraction of sp³-hybridized carbons (Fsp3) is 0.462. The van der Waals surface area contributed by atoms with E-state index in [0.717, 1.165) is 10.3 Å². The lowest BCUT2D eigenvalue weighted by molar-refractivity contribution is -0.161. The lowest BCUT2D eigenvalue weighted by Crippen LogP contribution is -2.61. The summed E-state index contributed by atoms with van der Waals surface area (Å²) in [6.45, 7) is 2.74. The van der Waals surface area contributed by atoms with Crippen LogP contribution in [0, 0.1) is 5.92 Å². The molecule has 2 unspecified atom stereocenters. The summed E-state index contributed by atoms with van der Waals surface area (Å²) in [6.07, 6.45) is 0.403. The number of nitrogens with zero attached hydrogens (tertiary/aromatic N) is 1. The van der Waals surface area contributed by atoms with Gasteiger partial charge in [0.2, 0.25) is 11.8 Å². The van der Waals surface area contributed by atoms with Crippen molar-refractivity contribution in [3.8, 4) is 0 Å². The average molecular weight is 328 g/mol. The molecule has 0 radical (unpaired) electrons. The number of aliphatic hydroxyl groups is 1. The van der Waals surface area contributed by atoms with Crippen molar-refractivity contribution >= 4 is 28.6 Å². The van der Waals surface area contributed by atoms with Crippen molar-refractivity contribution in [2.24, 2.45) is 5.92 Å². The van der Waals surface area contributed by atoms with Crippen LogP contribution in [0.25, 0.3) is 0 Å². The molecule has 1 saturated heterocycles. The van der Waals surface area contributed by atoms with Crippen molar-refractivity contribution in [2.45, 2.75) is 32.4 Å². The molecule has 8 nitrogen and oxygen atoms in total. The molecule has 3 N–H and O–H groups in total. The van der Waals surface area contributed by atoms with Gasteiger partial charge in [-0.25, -0.2) is 9.00 Å². The molecule has 2 rings (SSSR count). The van der Waals surface area contributed by atoms with E-state index in [-0.39, 0.29) is 22.9 Å². The molecule has 0 bridgehead atoms. The Morgan fingerprint density at radius 2 is 2.14 bits per heavy atom. The zero-order valence-electron chi connectivity index (χ0n) is 12.0. The van der Waals surface area contributed by atoms with Crippen molar-refractivity contribution in [3.63, 3.8) is 0 Å². The summed E-state index contributed by atoms with van der Waals surface area (Å²) in [5.41, 5.74) is -0.294.